The smallest absolute Gasteiger partial charge is 0.146 e. The van der Waals surface area contributed by atoms with Crippen LogP contribution < -0.4 is 4.90 Å². The van der Waals surface area contributed by atoms with Crippen LogP contribution in [0.4, 0.5) is 17.1 Å². The zero-order valence-corrected chi connectivity index (χ0v) is 26.1. The highest BCUT2D eigenvalue weighted by molar-refractivity contribution is 6.14. The van der Waals surface area contributed by atoms with Crippen LogP contribution in [0.5, 0.6) is 0 Å². The molecule has 3 heteroatoms. The van der Waals surface area contributed by atoms with Crippen molar-refractivity contribution in [1.82, 2.24) is 4.98 Å². The molecule has 0 aliphatic heterocycles. The Morgan fingerprint density at radius 3 is 1.71 bits per heavy atom. The van der Waals surface area contributed by atoms with Gasteiger partial charge in [-0.1, -0.05) is 127 Å². The highest BCUT2D eigenvalue weighted by atomic mass is 16.3. The minimum atomic E-state index is 0.845. The predicted octanol–water partition coefficient (Wildman–Crippen LogP) is 12.6. The van der Waals surface area contributed by atoms with Crippen LogP contribution in [0.1, 0.15) is 0 Å². The standard InChI is InChI=1S/C45H30N2O/c1-3-11-31(12-4-1)32-19-21-33(22-20-32)34-23-25-36(26-24-34)47(43-18-10-8-15-38(43)35-13-5-2-6-14-35)37-27-28-44-40(29-37)41-30-46-42-17-9-7-16-39(42)45(41)48-44/h1-30H. The quantitative estimate of drug-likeness (QED) is 0.187. The lowest BCUT2D eigenvalue weighted by molar-refractivity contribution is 0.672. The fraction of sp³-hybridized carbons (Fsp3) is 0. The van der Waals surface area contributed by atoms with Gasteiger partial charge in [-0.2, -0.15) is 0 Å². The third kappa shape index (κ3) is 4.90. The summed E-state index contributed by atoms with van der Waals surface area (Å²) in [4.78, 5) is 7.11. The van der Waals surface area contributed by atoms with Crippen LogP contribution in [-0.2, 0) is 0 Å². The molecule has 9 aromatic rings. The summed E-state index contributed by atoms with van der Waals surface area (Å²) < 4.78 is 6.45. The van der Waals surface area contributed by atoms with Crippen LogP contribution in [0.3, 0.4) is 0 Å². The molecule has 0 amide bonds. The van der Waals surface area contributed by atoms with Gasteiger partial charge >= 0.3 is 0 Å². The van der Waals surface area contributed by atoms with E-state index in [-0.39, 0.29) is 0 Å². The average Bonchev–Trinajstić information content (AvgIpc) is 3.55. The van der Waals surface area contributed by atoms with Crippen LogP contribution in [0.25, 0.3) is 66.2 Å². The Labute approximate surface area is 279 Å². The second-order valence-electron chi connectivity index (χ2n) is 12.0. The maximum atomic E-state index is 6.45. The molecule has 7 aromatic carbocycles. The third-order valence-corrected chi connectivity index (χ3v) is 9.13. The molecule has 2 heterocycles. The molecule has 0 saturated heterocycles. The van der Waals surface area contributed by atoms with Crippen LogP contribution >= 0.6 is 0 Å². The Balaban J connectivity index is 1.17. The fourth-order valence-electron chi connectivity index (χ4n) is 6.73. The molecule has 0 bridgehead atoms. The van der Waals surface area contributed by atoms with Gasteiger partial charge in [-0.15, -0.1) is 0 Å². The van der Waals surface area contributed by atoms with Crippen LogP contribution in [0.2, 0.25) is 0 Å². The van der Waals surface area contributed by atoms with Gasteiger partial charge in [-0.3, -0.25) is 4.98 Å². The Kier molecular flexibility index (Phi) is 6.80. The van der Waals surface area contributed by atoms with Gasteiger partial charge < -0.3 is 9.32 Å². The van der Waals surface area contributed by atoms with Crippen molar-refractivity contribution in [3.63, 3.8) is 0 Å². The van der Waals surface area contributed by atoms with Crippen molar-refractivity contribution in [2.45, 2.75) is 0 Å². The summed E-state index contributed by atoms with van der Waals surface area (Å²) in [7, 11) is 0. The summed E-state index contributed by atoms with van der Waals surface area (Å²) in [6.07, 6.45) is 1.94. The molecular weight excluding hydrogens is 585 g/mol. The maximum absolute atomic E-state index is 6.45. The van der Waals surface area contributed by atoms with E-state index in [9.17, 15) is 0 Å². The Bertz CT molecular complexity index is 2540. The number of furan rings is 1. The van der Waals surface area contributed by atoms with E-state index in [2.05, 4.69) is 163 Å². The zero-order chi connectivity index (χ0) is 31.9. The van der Waals surface area contributed by atoms with E-state index in [0.717, 1.165) is 55.5 Å². The first kappa shape index (κ1) is 27.8. The molecule has 0 fully saturated rings. The van der Waals surface area contributed by atoms with Gasteiger partial charge in [-0.25, -0.2) is 0 Å². The minimum Gasteiger partial charge on any atom is -0.455 e. The molecule has 0 saturated carbocycles. The number of para-hydroxylation sites is 2. The molecule has 0 N–H and O–H groups in total. The lowest BCUT2D eigenvalue weighted by atomic mass is 9.99. The van der Waals surface area contributed by atoms with Crippen LogP contribution in [0.15, 0.2) is 187 Å². The number of pyridine rings is 1. The molecule has 48 heavy (non-hydrogen) atoms. The van der Waals surface area contributed by atoms with E-state index in [1.54, 1.807) is 0 Å². The first-order valence-corrected chi connectivity index (χ1v) is 16.2. The van der Waals surface area contributed by atoms with Gasteiger partial charge in [-0.05, 0) is 76.3 Å². The molecule has 9 rings (SSSR count). The fourth-order valence-corrected chi connectivity index (χ4v) is 6.73. The molecule has 226 valence electrons. The number of fused-ring (bicyclic) bond motifs is 5. The number of rotatable bonds is 6. The van der Waals surface area contributed by atoms with Gasteiger partial charge in [0, 0.05) is 39.3 Å². The van der Waals surface area contributed by atoms with Gasteiger partial charge in [0.25, 0.3) is 0 Å². The summed E-state index contributed by atoms with van der Waals surface area (Å²) in [5.74, 6) is 0. The summed E-state index contributed by atoms with van der Waals surface area (Å²) in [6.45, 7) is 0. The molecule has 0 unspecified atom stereocenters. The largest absolute Gasteiger partial charge is 0.455 e. The van der Waals surface area contributed by atoms with E-state index in [0.29, 0.717) is 0 Å². The van der Waals surface area contributed by atoms with Crippen molar-refractivity contribution in [1.29, 1.82) is 0 Å². The normalized spacial score (nSPS) is 11.3. The lowest BCUT2D eigenvalue weighted by Gasteiger charge is -2.28. The van der Waals surface area contributed by atoms with Gasteiger partial charge in [0.2, 0.25) is 0 Å². The summed E-state index contributed by atoms with van der Waals surface area (Å²) in [5, 5.41) is 3.07. The predicted molar refractivity (Wildman–Crippen MR) is 200 cm³/mol. The van der Waals surface area contributed by atoms with Crippen molar-refractivity contribution in [2.75, 3.05) is 4.90 Å². The monoisotopic (exact) mass is 614 g/mol. The van der Waals surface area contributed by atoms with Gasteiger partial charge in [0.05, 0.1) is 11.2 Å². The van der Waals surface area contributed by atoms with Crippen molar-refractivity contribution in [3.8, 4) is 33.4 Å². The number of hydrogen-bond acceptors (Lipinski definition) is 3. The van der Waals surface area contributed by atoms with Crippen LogP contribution in [0, 0.1) is 0 Å². The summed E-state index contributed by atoms with van der Waals surface area (Å²) >= 11 is 0. The molecule has 0 atom stereocenters. The van der Waals surface area contributed by atoms with E-state index < -0.39 is 0 Å². The molecule has 0 spiro atoms. The summed E-state index contributed by atoms with van der Waals surface area (Å²) in [5.41, 5.74) is 13.0. The maximum Gasteiger partial charge on any atom is 0.146 e. The van der Waals surface area contributed by atoms with Crippen molar-refractivity contribution in [2.24, 2.45) is 0 Å². The second-order valence-corrected chi connectivity index (χ2v) is 12.0. The van der Waals surface area contributed by atoms with Crippen molar-refractivity contribution < 1.29 is 4.42 Å². The topological polar surface area (TPSA) is 29.3 Å². The zero-order valence-electron chi connectivity index (χ0n) is 26.1. The Morgan fingerprint density at radius 1 is 0.417 bits per heavy atom. The average molecular weight is 615 g/mol. The van der Waals surface area contributed by atoms with E-state index in [1.165, 1.54) is 27.8 Å². The first-order valence-electron chi connectivity index (χ1n) is 16.2. The number of hydrogen-bond donors (Lipinski definition) is 0. The molecular formula is C45H30N2O. The Hall–Kier alpha value is -6.45. The van der Waals surface area contributed by atoms with Gasteiger partial charge in [0.1, 0.15) is 11.2 Å². The minimum absolute atomic E-state index is 0.845. The first-order chi connectivity index (χ1) is 23.8. The second kappa shape index (κ2) is 11.7. The molecule has 2 aromatic heterocycles. The third-order valence-electron chi connectivity index (χ3n) is 9.13. The highest BCUT2D eigenvalue weighted by Gasteiger charge is 2.19. The molecule has 3 nitrogen and oxygen atoms in total. The van der Waals surface area contributed by atoms with Crippen molar-refractivity contribution >= 4 is 49.9 Å². The summed E-state index contributed by atoms with van der Waals surface area (Å²) in [6, 6.07) is 62.0. The number of nitrogens with zero attached hydrogens (tertiary/aromatic N) is 2. The van der Waals surface area contributed by atoms with E-state index in [1.807, 2.05) is 24.4 Å². The van der Waals surface area contributed by atoms with Crippen molar-refractivity contribution in [3.05, 3.63) is 182 Å². The number of benzene rings is 7. The molecule has 0 radical (unpaired) electrons. The lowest BCUT2D eigenvalue weighted by Crippen LogP contribution is -2.11. The van der Waals surface area contributed by atoms with E-state index in [4.69, 9.17) is 9.40 Å². The van der Waals surface area contributed by atoms with Crippen LogP contribution in [-0.4, -0.2) is 4.98 Å². The Morgan fingerprint density at radius 2 is 0.979 bits per heavy atom. The number of anilines is 3. The molecule has 0 aliphatic rings. The number of aromatic nitrogens is 1. The van der Waals surface area contributed by atoms with Gasteiger partial charge in [0.15, 0.2) is 0 Å². The highest BCUT2D eigenvalue weighted by Crippen LogP contribution is 2.43. The van der Waals surface area contributed by atoms with E-state index >= 15 is 0 Å². The SMILES string of the molecule is c1ccc(-c2ccc(-c3ccc(N(c4ccc5oc6c7ccccc7ncc6c5c4)c4ccccc4-c4ccccc4)cc3)cc2)cc1. The molecule has 0 aliphatic carbocycles.